The van der Waals surface area contributed by atoms with Gasteiger partial charge in [0.2, 0.25) is 0 Å². The van der Waals surface area contributed by atoms with Gasteiger partial charge in [-0.3, -0.25) is 4.79 Å². The quantitative estimate of drug-likeness (QED) is 0.625. The molecule has 5 atom stereocenters. The number of hydrogen-bond donors (Lipinski definition) is 1. The lowest BCUT2D eigenvalue weighted by molar-refractivity contribution is -0.199. The van der Waals surface area contributed by atoms with Gasteiger partial charge in [-0.25, -0.2) is 0 Å². The molecule has 5 fully saturated rings. The Morgan fingerprint density at radius 3 is 2.74 bits per heavy atom. The third-order valence-corrected chi connectivity index (χ3v) is 7.29. The van der Waals surface area contributed by atoms with Crippen molar-refractivity contribution in [1.82, 2.24) is 9.80 Å². The number of ether oxygens (including phenoxy) is 1. The average Bonchev–Trinajstić information content (AvgIpc) is 3.27. The van der Waals surface area contributed by atoms with E-state index in [1.807, 2.05) is 12.1 Å². The molecule has 4 heterocycles. The molecule has 3 saturated heterocycles. The first-order chi connectivity index (χ1) is 13.1. The Labute approximate surface area is 164 Å². The highest BCUT2D eigenvalue weighted by molar-refractivity contribution is 7.80. The lowest BCUT2D eigenvalue weighted by Gasteiger charge is -2.49. The first kappa shape index (κ1) is 17.5. The number of carbonyl (C=O) groups is 1. The molecule has 2 bridgehead atoms. The van der Waals surface area contributed by atoms with E-state index < -0.39 is 12.2 Å². The minimum Gasteiger partial charge on any atom is -0.467 e. The van der Waals surface area contributed by atoms with Crippen molar-refractivity contribution in [2.45, 2.75) is 69.4 Å². The molecule has 27 heavy (non-hydrogen) atoms. The Hall–Kier alpha value is -1.60. The number of esters is 1. The fourth-order valence-electron chi connectivity index (χ4n) is 5.57. The van der Waals surface area contributed by atoms with Crippen molar-refractivity contribution in [2.75, 3.05) is 6.54 Å². The number of hydrogen-bond acceptors (Lipinski definition) is 5. The SMILES string of the molecule is O=C1OC2C(O)CC1C1C2N(CC2CCCCC2)C(=S)N1Cc1ccco1. The van der Waals surface area contributed by atoms with Gasteiger partial charge in [-0.1, -0.05) is 19.3 Å². The van der Waals surface area contributed by atoms with Gasteiger partial charge in [0.15, 0.2) is 5.11 Å². The molecule has 5 aliphatic rings. The van der Waals surface area contributed by atoms with Gasteiger partial charge in [-0.2, -0.15) is 0 Å². The molecule has 0 amide bonds. The van der Waals surface area contributed by atoms with Gasteiger partial charge in [0.25, 0.3) is 0 Å². The van der Waals surface area contributed by atoms with Gasteiger partial charge in [0, 0.05) is 6.54 Å². The molecule has 1 aromatic rings. The Balaban J connectivity index is 1.46. The van der Waals surface area contributed by atoms with E-state index in [0.29, 0.717) is 18.9 Å². The molecule has 7 heteroatoms. The van der Waals surface area contributed by atoms with Crippen LogP contribution in [0.2, 0.25) is 0 Å². The fourth-order valence-corrected chi connectivity index (χ4v) is 5.96. The van der Waals surface area contributed by atoms with Gasteiger partial charge in [-0.05, 0) is 49.5 Å². The molecular formula is C20H26N2O4S. The summed E-state index contributed by atoms with van der Waals surface area (Å²) in [5, 5.41) is 11.3. The van der Waals surface area contributed by atoms with Crippen LogP contribution in [0, 0.1) is 11.8 Å². The van der Waals surface area contributed by atoms with E-state index in [-0.39, 0.29) is 24.0 Å². The highest BCUT2D eigenvalue weighted by Gasteiger charge is 2.62. The summed E-state index contributed by atoms with van der Waals surface area (Å²) in [7, 11) is 0. The van der Waals surface area contributed by atoms with Gasteiger partial charge < -0.3 is 24.1 Å². The van der Waals surface area contributed by atoms with E-state index in [1.165, 1.54) is 32.1 Å². The minimum atomic E-state index is -0.603. The first-order valence-corrected chi connectivity index (χ1v) is 10.5. The minimum absolute atomic E-state index is 0.0409. The van der Waals surface area contributed by atoms with Crippen molar-refractivity contribution in [1.29, 1.82) is 0 Å². The van der Waals surface area contributed by atoms with Crippen LogP contribution in [-0.4, -0.2) is 56.8 Å². The Bertz CT molecular complexity index is 718. The van der Waals surface area contributed by atoms with E-state index in [0.717, 1.165) is 17.4 Å². The van der Waals surface area contributed by atoms with Crippen molar-refractivity contribution in [3.05, 3.63) is 24.2 Å². The summed E-state index contributed by atoms with van der Waals surface area (Å²) >= 11 is 5.89. The second kappa shape index (κ2) is 6.78. The van der Waals surface area contributed by atoms with Crippen LogP contribution in [0.1, 0.15) is 44.3 Å². The maximum atomic E-state index is 12.5. The van der Waals surface area contributed by atoms with Crippen LogP contribution in [0.15, 0.2) is 22.8 Å². The fraction of sp³-hybridized carbons (Fsp3) is 0.700. The number of aliphatic hydroxyl groups excluding tert-OH is 1. The molecule has 2 aliphatic carbocycles. The van der Waals surface area contributed by atoms with Crippen LogP contribution in [0.4, 0.5) is 0 Å². The summed E-state index contributed by atoms with van der Waals surface area (Å²) in [5.74, 6) is 0.928. The number of rotatable bonds is 4. The summed E-state index contributed by atoms with van der Waals surface area (Å²) in [6, 6.07) is 3.72. The van der Waals surface area contributed by atoms with Gasteiger partial charge in [-0.15, -0.1) is 0 Å². The van der Waals surface area contributed by atoms with E-state index in [9.17, 15) is 9.90 Å². The first-order valence-electron chi connectivity index (χ1n) is 10.1. The number of carbonyl (C=O) groups excluding carboxylic acids is 1. The average molecular weight is 391 g/mol. The maximum absolute atomic E-state index is 12.5. The third-order valence-electron chi connectivity index (χ3n) is 6.83. The second-order valence-corrected chi connectivity index (χ2v) is 8.80. The number of fused-ring (bicyclic) bond motifs is 2. The van der Waals surface area contributed by atoms with Crippen molar-refractivity contribution in [2.24, 2.45) is 11.8 Å². The van der Waals surface area contributed by atoms with Gasteiger partial charge in [0.05, 0.1) is 36.9 Å². The summed E-state index contributed by atoms with van der Waals surface area (Å²) in [4.78, 5) is 16.8. The van der Waals surface area contributed by atoms with Gasteiger partial charge in [0.1, 0.15) is 11.9 Å². The molecule has 1 N–H and O–H groups in total. The van der Waals surface area contributed by atoms with Crippen LogP contribution in [-0.2, 0) is 16.1 Å². The smallest absolute Gasteiger partial charge is 0.311 e. The molecule has 0 aromatic carbocycles. The zero-order valence-corrected chi connectivity index (χ0v) is 16.1. The molecule has 3 aliphatic heterocycles. The number of thiocarbonyl (C=S) groups is 1. The van der Waals surface area contributed by atoms with Crippen LogP contribution in [0.5, 0.6) is 0 Å². The van der Waals surface area contributed by atoms with Crippen molar-refractivity contribution in [3.8, 4) is 0 Å². The molecular weight excluding hydrogens is 364 g/mol. The van der Waals surface area contributed by atoms with Crippen LogP contribution < -0.4 is 0 Å². The predicted octanol–water partition coefficient (Wildman–Crippen LogP) is 2.31. The molecule has 0 spiro atoms. The monoisotopic (exact) mass is 390 g/mol. The Morgan fingerprint density at radius 1 is 1.19 bits per heavy atom. The zero-order chi connectivity index (χ0) is 18.5. The van der Waals surface area contributed by atoms with E-state index >= 15 is 0 Å². The van der Waals surface area contributed by atoms with Crippen LogP contribution in [0.25, 0.3) is 0 Å². The van der Waals surface area contributed by atoms with Gasteiger partial charge >= 0.3 is 5.97 Å². The van der Waals surface area contributed by atoms with Crippen LogP contribution in [0.3, 0.4) is 0 Å². The Kier molecular flexibility index (Phi) is 4.39. The van der Waals surface area contributed by atoms with Crippen molar-refractivity contribution in [3.63, 3.8) is 0 Å². The lowest BCUT2D eigenvalue weighted by Crippen LogP contribution is -2.66. The normalized spacial score (nSPS) is 36.3. The van der Waals surface area contributed by atoms with Crippen molar-refractivity contribution >= 4 is 23.3 Å². The molecule has 5 unspecified atom stereocenters. The predicted molar refractivity (Wildman–Crippen MR) is 102 cm³/mol. The zero-order valence-electron chi connectivity index (χ0n) is 15.3. The third kappa shape index (κ3) is 2.86. The molecule has 146 valence electrons. The highest BCUT2D eigenvalue weighted by atomic mass is 32.1. The van der Waals surface area contributed by atoms with Crippen LogP contribution >= 0.6 is 12.2 Å². The molecule has 6 nitrogen and oxygen atoms in total. The largest absolute Gasteiger partial charge is 0.467 e. The molecule has 0 radical (unpaired) electrons. The molecule has 1 aromatic heterocycles. The van der Waals surface area contributed by atoms with E-state index in [2.05, 4.69) is 9.80 Å². The number of aliphatic hydroxyl groups is 1. The van der Waals surface area contributed by atoms with E-state index in [1.54, 1.807) is 6.26 Å². The summed E-state index contributed by atoms with van der Waals surface area (Å²) in [5.41, 5.74) is 0. The molecule has 6 rings (SSSR count). The van der Waals surface area contributed by atoms with E-state index in [4.69, 9.17) is 21.4 Å². The number of furan rings is 1. The highest BCUT2D eigenvalue weighted by Crippen LogP contribution is 2.45. The topological polar surface area (TPSA) is 66.2 Å². The summed E-state index contributed by atoms with van der Waals surface area (Å²) in [6.45, 7) is 1.45. The van der Waals surface area contributed by atoms with Crippen molar-refractivity contribution < 1.29 is 19.1 Å². The summed E-state index contributed by atoms with van der Waals surface area (Å²) < 4.78 is 11.2. The lowest BCUT2D eigenvalue weighted by atomic mass is 9.74. The second-order valence-electron chi connectivity index (χ2n) is 8.44. The standard InChI is InChI=1S/C20H26N2O4S/c23-15-9-14-16-17(18(15)26-19(14)24)21(10-12-5-2-1-3-6-12)20(27)22(16)11-13-7-4-8-25-13/h4,7-8,12,14-18,23H,1-3,5-6,9-11H2. The Morgan fingerprint density at radius 2 is 2.00 bits per heavy atom. The summed E-state index contributed by atoms with van der Waals surface area (Å²) in [6.07, 6.45) is 7.35. The maximum Gasteiger partial charge on any atom is 0.311 e. The number of nitrogens with zero attached hydrogens (tertiary/aromatic N) is 2. The molecule has 2 saturated carbocycles.